The molecule has 3 aromatic heterocycles. The molecule has 5 heteroatoms. The molecule has 5 aromatic rings. The van der Waals surface area contributed by atoms with E-state index in [4.69, 9.17) is 0 Å². The molecule has 0 amide bonds. The molecule has 118 valence electrons. The second-order valence-corrected chi connectivity index (χ2v) is 8.78. The Morgan fingerprint density at radius 3 is 2.15 bits per heavy atom. The molecule has 26 heavy (non-hydrogen) atoms. The van der Waals surface area contributed by atoms with Crippen molar-refractivity contribution in [2.45, 2.75) is 0 Å². The van der Waals surface area contributed by atoms with Crippen LogP contribution in [0.1, 0.15) is 10.4 Å². The number of aromatic nitrogens is 1. The third-order valence-corrected chi connectivity index (χ3v) is 6.72. The number of benzene rings is 2. The SMILES string of the molecule is [Cs+].[PH-]c1cc2ccc3c(ccc4cc(C#Cc5ccncc5)sc43)c2s1. The summed E-state index contributed by atoms with van der Waals surface area (Å²) >= 11 is 3.55. The number of thiophene rings is 2. The van der Waals surface area contributed by atoms with Crippen molar-refractivity contribution >= 4 is 67.5 Å². The maximum absolute atomic E-state index is 4.03. The Labute approximate surface area is 220 Å². The van der Waals surface area contributed by atoms with Crippen LogP contribution < -0.4 is 73.5 Å². The van der Waals surface area contributed by atoms with Crippen LogP contribution in [0.3, 0.4) is 0 Å². The molecule has 0 unspecified atom stereocenters. The molecule has 0 aliphatic heterocycles. The molecule has 2 aromatic carbocycles. The van der Waals surface area contributed by atoms with E-state index in [1.165, 1.54) is 30.9 Å². The third-order valence-electron chi connectivity index (χ3n) is 4.17. The first-order valence-electron chi connectivity index (χ1n) is 7.80. The van der Waals surface area contributed by atoms with Gasteiger partial charge >= 0.3 is 68.9 Å². The number of pyridine rings is 1. The van der Waals surface area contributed by atoms with Gasteiger partial charge in [0.25, 0.3) is 0 Å². The van der Waals surface area contributed by atoms with Crippen LogP contribution in [0.15, 0.2) is 60.9 Å². The average molecular weight is 505 g/mol. The van der Waals surface area contributed by atoms with E-state index in [0.717, 1.165) is 15.1 Å². The van der Waals surface area contributed by atoms with Crippen LogP contribution >= 0.6 is 31.9 Å². The second-order valence-electron chi connectivity index (χ2n) is 5.77. The average Bonchev–Trinajstić information content (AvgIpc) is 3.22. The molecule has 3 heterocycles. The van der Waals surface area contributed by atoms with E-state index < -0.39 is 0 Å². The Balaban J connectivity index is 0.00000168. The van der Waals surface area contributed by atoms with E-state index in [-0.39, 0.29) is 68.9 Å². The van der Waals surface area contributed by atoms with Gasteiger partial charge in [0.2, 0.25) is 0 Å². The van der Waals surface area contributed by atoms with Crippen molar-refractivity contribution in [1.82, 2.24) is 4.98 Å². The molecule has 0 atom stereocenters. The van der Waals surface area contributed by atoms with Gasteiger partial charge in [0.1, 0.15) is 0 Å². The monoisotopic (exact) mass is 505 g/mol. The number of nitrogens with zero attached hydrogens (tertiary/aromatic N) is 1. The Hall–Kier alpha value is -0.188. The maximum atomic E-state index is 4.03. The van der Waals surface area contributed by atoms with Crippen LogP contribution in [0.5, 0.6) is 0 Å². The van der Waals surface area contributed by atoms with Crippen molar-refractivity contribution in [1.29, 1.82) is 0 Å². The Kier molecular flexibility index (Phi) is 5.92. The largest absolute Gasteiger partial charge is 1.00 e. The van der Waals surface area contributed by atoms with Gasteiger partial charge < -0.3 is 9.24 Å². The van der Waals surface area contributed by atoms with Crippen molar-refractivity contribution in [3.8, 4) is 11.8 Å². The predicted octanol–water partition coefficient (Wildman–Crippen LogP) is 2.84. The molecule has 0 spiro atoms. The fourth-order valence-corrected chi connectivity index (χ4v) is 5.47. The second kappa shape index (κ2) is 8.05. The zero-order valence-corrected chi connectivity index (χ0v) is 23.0. The summed E-state index contributed by atoms with van der Waals surface area (Å²) in [5, 5.41) is 5.16. The summed E-state index contributed by atoms with van der Waals surface area (Å²) in [6, 6.07) is 17.1. The molecule has 0 aliphatic carbocycles. The van der Waals surface area contributed by atoms with E-state index in [1.54, 1.807) is 35.1 Å². The summed E-state index contributed by atoms with van der Waals surface area (Å²) in [7, 11) is 3.66. The molecule has 0 bridgehead atoms. The molecule has 1 nitrogen and oxygen atoms in total. The zero-order chi connectivity index (χ0) is 16.8. The fourth-order valence-electron chi connectivity index (χ4n) is 3.03. The number of hydrogen-bond acceptors (Lipinski definition) is 3. The topological polar surface area (TPSA) is 12.9 Å². The smallest absolute Gasteiger partial charge is 0.513 e. The van der Waals surface area contributed by atoms with Gasteiger partial charge in [-0.1, -0.05) is 42.2 Å². The number of fused-ring (bicyclic) bond motifs is 5. The number of rotatable bonds is 0. The van der Waals surface area contributed by atoms with E-state index in [0.29, 0.717) is 0 Å². The van der Waals surface area contributed by atoms with Crippen molar-refractivity contribution in [2.24, 2.45) is 0 Å². The Morgan fingerprint density at radius 1 is 0.769 bits per heavy atom. The van der Waals surface area contributed by atoms with Gasteiger partial charge in [-0.3, -0.25) is 4.98 Å². The van der Waals surface area contributed by atoms with Gasteiger partial charge in [-0.05, 0) is 29.0 Å². The van der Waals surface area contributed by atoms with Crippen molar-refractivity contribution in [3.05, 3.63) is 71.4 Å². The first-order chi connectivity index (χ1) is 12.3. The van der Waals surface area contributed by atoms with Crippen LogP contribution in [-0.4, -0.2) is 4.98 Å². The maximum Gasteiger partial charge on any atom is 1.00 e. The van der Waals surface area contributed by atoms with Gasteiger partial charge in [0.15, 0.2) is 0 Å². The third kappa shape index (κ3) is 3.58. The van der Waals surface area contributed by atoms with Crippen LogP contribution in [0.4, 0.5) is 0 Å². The van der Waals surface area contributed by atoms with Gasteiger partial charge in [-0.25, -0.2) is 0 Å². The summed E-state index contributed by atoms with van der Waals surface area (Å²) in [6.45, 7) is 0. The summed E-state index contributed by atoms with van der Waals surface area (Å²) in [6.07, 6.45) is 3.54. The first kappa shape index (κ1) is 19.1. The minimum atomic E-state index is 0. The fraction of sp³-hybridized carbons (Fsp3) is 0. The van der Waals surface area contributed by atoms with Crippen LogP contribution in [0.25, 0.3) is 30.9 Å². The van der Waals surface area contributed by atoms with E-state index in [9.17, 15) is 0 Å². The molecule has 0 saturated carbocycles. The van der Waals surface area contributed by atoms with Crippen LogP contribution in [0.2, 0.25) is 0 Å². The molecule has 0 saturated heterocycles. The van der Waals surface area contributed by atoms with Crippen molar-refractivity contribution in [3.63, 3.8) is 0 Å². The molecular formula is C21H11CsNPS2. The van der Waals surface area contributed by atoms with Crippen molar-refractivity contribution < 1.29 is 68.9 Å². The summed E-state index contributed by atoms with van der Waals surface area (Å²) < 4.78 is 3.81. The van der Waals surface area contributed by atoms with E-state index in [2.05, 4.69) is 62.5 Å². The molecular weight excluding hydrogens is 494 g/mol. The molecule has 0 aliphatic rings. The minimum Gasteiger partial charge on any atom is -0.513 e. The minimum absolute atomic E-state index is 0. The number of hydrogen-bond donors (Lipinski definition) is 0. The van der Waals surface area contributed by atoms with Gasteiger partial charge in [-0.15, -0.1) is 11.3 Å². The zero-order valence-electron chi connectivity index (χ0n) is 14.0. The van der Waals surface area contributed by atoms with E-state index >= 15 is 0 Å². The molecule has 5 rings (SSSR count). The van der Waals surface area contributed by atoms with Gasteiger partial charge in [0, 0.05) is 38.1 Å². The quantitative estimate of drug-likeness (QED) is 0.233. The van der Waals surface area contributed by atoms with Crippen molar-refractivity contribution in [2.75, 3.05) is 0 Å². The Morgan fingerprint density at radius 2 is 1.42 bits per heavy atom. The van der Waals surface area contributed by atoms with Crippen LogP contribution in [-0.2, 0) is 0 Å². The first-order valence-corrected chi connectivity index (χ1v) is 9.94. The molecule has 0 fully saturated rings. The summed E-state index contributed by atoms with van der Waals surface area (Å²) in [4.78, 5) is 5.12. The van der Waals surface area contributed by atoms with Gasteiger partial charge in [-0.2, -0.15) is 16.0 Å². The van der Waals surface area contributed by atoms with Gasteiger partial charge in [0.05, 0.1) is 4.88 Å². The predicted molar refractivity (Wildman–Crippen MR) is 113 cm³/mol. The Bertz CT molecular complexity index is 1310. The van der Waals surface area contributed by atoms with E-state index in [1.807, 2.05) is 12.1 Å². The standard InChI is InChI=1S/C21H11NPS2.Cs/c23-19-12-15-3-6-17-18(21(15)25-19)5-2-14-11-16(24-20(14)17)4-1-13-7-9-22-10-8-13;/h2-3,5-12,23H;/q-1;+1. The van der Waals surface area contributed by atoms with Crippen LogP contribution in [0, 0.1) is 11.8 Å². The molecule has 0 N–H and O–H groups in total. The summed E-state index contributed by atoms with van der Waals surface area (Å²) in [5.74, 6) is 6.51. The summed E-state index contributed by atoms with van der Waals surface area (Å²) in [5.41, 5.74) is 0.988. The normalized spacial score (nSPS) is 10.7. The molecule has 0 radical (unpaired) electrons.